The number of carbonyl (C=O) groups is 2. The lowest BCUT2D eigenvalue weighted by atomic mass is 10.0. The Labute approximate surface area is 175 Å². The number of para-hydroxylation sites is 1. The van der Waals surface area contributed by atoms with E-state index in [0.29, 0.717) is 36.7 Å². The van der Waals surface area contributed by atoms with Gasteiger partial charge in [0.15, 0.2) is 18.1 Å². The van der Waals surface area contributed by atoms with Gasteiger partial charge < -0.3 is 19.7 Å². The van der Waals surface area contributed by atoms with Crippen LogP contribution < -0.4 is 19.7 Å². The Morgan fingerprint density at radius 2 is 2.03 bits per heavy atom. The van der Waals surface area contributed by atoms with Crippen molar-refractivity contribution >= 4 is 17.5 Å². The molecule has 30 heavy (non-hydrogen) atoms. The monoisotopic (exact) mass is 412 g/mol. The van der Waals surface area contributed by atoms with Gasteiger partial charge in [0.25, 0.3) is 5.91 Å². The number of benzene rings is 2. The Morgan fingerprint density at radius 1 is 1.27 bits per heavy atom. The van der Waals surface area contributed by atoms with Crippen molar-refractivity contribution in [1.29, 1.82) is 0 Å². The minimum Gasteiger partial charge on any atom is -0.483 e. The van der Waals surface area contributed by atoms with Gasteiger partial charge in [-0.25, -0.2) is 4.39 Å². The molecule has 0 bridgehead atoms. The SMILES string of the molecule is CC1(C)Cc2cccc(OCC(=O)NCC3CC(=O)N(c4ccc(F)cc4)C3)c2O1. The second-order valence-electron chi connectivity index (χ2n) is 8.43. The Bertz CT molecular complexity index is 958. The average Bonchev–Trinajstić information content (AvgIpc) is 3.23. The minimum atomic E-state index is -0.341. The summed E-state index contributed by atoms with van der Waals surface area (Å²) in [5.74, 6) is 0.636. The van der Waals surface area contributed by atoms with Crippen molar-refractivity contribution < 1.29 is 23.5 Å². The third kappa shape index (κ3) is 4.40. The summed E-state index contributed by atoms with van der Waals surface area (Å²) in [5.41, 5.74) is 1.46. The zero-order valence-electron chi connectivity index (χ0n) is 17.1. The zero-order chi connectivity index (χ0) is 21.3. The Morgan fingerprint density at radius 3 is 2.80 bits per heavy atom. The predicted molar refractivity (Wildman–Crippen MR) is 110 cm³/mol. The van der Waals surface area contributed by atoms with E-state index in [0.717, 1.165) is 12.0 Å². The maximum absolute atomic E-state index is 13.1. The molecule has 0 spiro atoms. The molecule has 4 rings (SSSR count). The molecule has 1 unspecified atom stereocenters. The van der Waals surface area contributed by atoms with Crippen LogP contribution in [0.4, 0.5) is 10.1 Å². The molecule has 1 atom stereocenters. The largest absolute Gasteiger partial charge is 0.483 e. The van der Waals surface area contributed by atoms with Crippen molar-refractivity contribution in [3.63, 3.8) is 0 Å². The lowest BCUT2D eigenvalue weighted by Crippen LogP contribution is -2.34. The molecule has 1 N–H and O–H groups in total. The first-order valence-electron chi connectivity index (χ1n) is 10.1. The minimum absolute atomic E-state index is 0.00314. The number of hydrogen-bond acceptors (Lipinski definition) is 4. The summed E-state index contributed by atoms with van der Waals surface area (Å²) < 4.78 is 24.7. The molecule has 1 fully saturated rings. The summed E-state index contributed by atoms with van der Waals surface area (Å²) in [6, 6.07) is 11.5. The molecule has 6 nitrogen and oxygen atoms in total. The Hall–Kier alpha value is -3.09. The highest BCUT2D eigenvalue weighted by molar-refractivity contribution is 5.95. The van der Waals surface area contributed by atoms with Crippen molar-refractivity contribution in [2.75, 3.05) is 24.6 Å². The van der Waals surface area contributed by atoms with Crippen LogP contribution in [0.5, 0.6) is 11.5 Å². The number of amides is 2. The number of carbonyl (C=O) groups excluding carboxylic acids is 2. The summed E-state index contributed by atoms with van der Waals surface area (Å²) in [4.78, 5) is 26.1. The number of anilines is 1. The lowest BCUT2D eigenvalue weighted by Gasteiger charge is -2.18. The van der Waals surface area contributed by atoms with E-state index in [4.69, 9.17) is 9.47 Å². The number of hydrogen-bond donors (Lipinski definition) is 1. The molecular formula is C23H25FN2O4. The van der Waals surface area contributed by atoms with Crippen molar-refractivity contribution in [3.8, 4) is 11.5 Å². The van der Waals surface area contributed by atoms with Gasteiger partial charge >= 0.3 is 0 Å². The topological polar surface area (TPSA) is 67.9 Å². The second kappa shape index (κ2) is 7.97. The van der Waals surface area contributed by atoms with E-state index in [2.05, 4.69) is 5.32 Å². The van der Waals surface area contributed by atoms with E-state index in [1.165, 1.54) is 12.1 Å². The molecule has 0 saturated carbocycles. The van der Waals surface area contributed by atoms with Crippen LogP contribution in [0.1, 0.15) is 25.8 Å². The maximum atomic E-state index is 13.1. The Kier molecular flexibility index (Phi) is 5.37. The quantitative estimate of drug-likeness (QED) is 0.792. The standard InChI is InChI=1S/C23H25FN2O4/c1-23(2)11-16-4-3-5-19(22(16)30-23)29-14-20(27)25-12-15-10-21(28)26(13-15)18-8-6-17(24)7-9-18/h3-9,15H,10-14H2,1-2H3,(H,25,27). The molecule has 158 valence electrons. The molecule has 0 radical (unpaired) electrons. The summed E-state index contributed by atoms with van der Waals surface area (Å²) in [6.45, 7) is 4.77. The maximum Gasteiger partial charge on any atom is 0.257 e. The van der Waals surface area contributed by atoms with Gasteiger partial charge in [0, 0.05) is 43.1 Å². The normalized spacial score (nSPS) is 19.4. The van der Waals surface area contributed by atoms with E-state index in [1.54, 1.807) is 23.1 Å². The summed E-state index contributed by atoms with van der Waals surface area (Å²) in [5, 5.41) is 2.84. The third-order valence-electron chi connectivity index (χ3n) is 5.35. The lowest BCUT2D eigenvalue weighted by molar-refractivity contribution is -0.123. The molecule has 7 heteroatoms. The van der Waals surface area contributed by atoms with E-state index >= 15 is 0 Å². The van der Waals surface area contributed by atoms with E-state index < -0.39 is 0 Å². The van der Waals surface area contributed by atoms with Crippen LogP contribution in [0.2, 0.25) is 0 Å². The molecule has 2 heterocycles. The van der Waals surface area contributed by atoms with Gasteiger partial charge in [-0.15, -0.1) is 0 Å². The number of ether oxygens (including phenoxy) is 2. The number of halogens is 1. The van der Waals surface area contributed by atoms with E-state index in [1.807, 2.05) is 26.0 Å². The highest BCUT2D eigenvalue weighted by Gasteiger charge is 2.33. The Balaban J connectivity index is 1.27. The molecule has 2 amide bonds. The highest BCUT2D eigenvalue weighted by Crippen LogP contribution is 2.41. The van der Waals surface area contributed by atoms with Crippen molar-refractivity contribution in [2.24, 2.45) is 5.92 Å². The number of rotatable bonds is 6. The van der Waals surface area contributed by atoms with Crippen molar-refractivity contribution in [3.05, 3.63) is 53.8 Å². The molecular weight excluding hydrogens is 387 g/mol. The van der Waals surface area contributed by atoms with Crippen molar-refractivity contribution in [1.82, 2.24) is 5.32 Å². The van der Waals surface area contributed by atoms with Gasteiger partial charge in [-0.05, 0) is 44.2 Å². The molecule has 2 aromatic rings. The van der Waals surface area contributed by atoms with E-state index in [-0.39, 0.29) is 35.8 Å². The number of nitrogens with zero attached hydrogens (tertiary/aromatic N) is 1. The first-order valence-corrected chi connectivity index (χ1v) is 10.1. The van der Waals surface area contributed by atoms with Crippen LogP contribution in [-0.4, -0.2) is 37.1 Å². The third-order valence-corrected chi connectivity index (χ3v) is 5.35. The first-order chi connectivity index (χ1) is 14.3. The highest BCUT2D eigenvalue weighted by atomic mass is 19.1. The molecule has 0 aliphatic carbocycles. The fourth-order valence-electron chi connectivity index (χ4n) is 3.94. The van der Waals surface area contributed by atoms with Crippen LogP contribution in [0, 0.1) is 11.7 Å². The van der Waals surface area contributed by atoms with Crippen LogP contribution in [0.15, 0.2) is 42.5 Å². The van der Waals surface area contributed by atoms with Gasteiger partial charge in [-0.1, -0.05) is 12.1 Å². The van der Waals surface area contributed by atoms with Gasteiger partial charge in [-0.3, -0.25) is 9.59 Å². The summed E-state index contributed by atoms with van der Waals surface area (Å²) in [7, 11) is 0. The smallest absolute Gasteiger partial charge is 0.257 e. The molecule has 0 aromatic heterocycles. The predicted octanol–water partition coefficient (Wildman–Crippen LogP) is 3.09. The molecule has 1 saturated heterocycles. The van der Waals surface area contributed by atoms with Crippen LogP contribution in [0.3, 0.4) is 0 Å². The van der Waals surface area contributed by atoms with Gasteiger partial charge in [0.2, 0.25) is 5.91 Å². The summed E-state index contributed by atoms with van der Waals surface area (Å²) >= 11 is 0. The second-order valence-corrected chi connectivity index (χ2v) is 8.43. The van der Waals surface area contributed by atoms with Crippen LogP contribution in [-0.2, 0) is 16.0 Å². The van der Waals surface area contributed by atoms with Crippen LogP contribution >= 0.6 is 0 Å². The number of fused-ring (bicyclic) bond motifs is 1. The number of nitrogens with one attached hydrogen (secondary N) is 1. The molecule has 2 aliphatic rings. The molecule has 2 aliphatic heterocycles. The van der Waals surface area contributed by atoms with Gasteiger partial charge in [0.05, 0.1) is 0 Å². The average molecular weight is 412 g/mol. The fourth-order valence-corrected chi connectivity index (χ4v) is 3.94. The zero-order valence-corrected chi connectivity index (χ0v) is 17.1. The van der Waals surface area contributed by atoms with Gasteiger partial charge in [0.1, 0.15) is 11.4 Å². The first kappa shape index (κ1) is 20.2. The summed E-state index contributed by atoms with van der Waals surface area (Å²) in [6.07, 6.45) is 1.14. The van der Waals surface area contributed by atoms with Crippen molar-refractivity contribution in [2.45, 2.75) is 32.3 Å². The van der Waals surface area contributed by atoms with Crippen LogP contribution in [0.25, 0.3) is 0 Å². The molecule has 2 aromatic carbocycles. The van der Waals surface area contributed by atoms with E-state index in [9.17, 15) is 14.0 Å². The fraction of sp³-hybridized carbons (Fsp3) is 0.391. The van der Waals surface area contributed by atoms with Gasteiger partial charge in [-0.2, -0.15) is 0 Å².